The molecule has 126 valence electrons. The van der Waals surface area contributed by atoms with E-state index < -0.39 is 25.4 Å². The van der Waals surface area contributed by atoms with Crippen LogP contribution < -0.4 is 5.73 Å². The average molecular weight is 408 g/mol. The third kappa shape index (κ3) is 16.6. The summed E-state index contributed by atoms with van der Waals surface area (Å²) < 4.78 is 5.14. The van der Waals surface area contributed by atoms with Gasteiger partial charge < -0.3 is 32.0 Å². The summed E-state index contributed by atoms with van der Waals surface area (Å²) in [5, 5.41) is 25.0. The van der Waals surface area contributed by atoms with E-state index in [2.05, 4.69) is 13.8 Å². The molecule has 0 saturated carbocycles. The van der Waals surface area contributed by atoms with Crippen molar-refractivity contribution in [1.82, 2.24) is 0 Å². The number of hydrogen-bond acceptors (Lipinski definition) is 5. The Kier molecular flexibility index (Phi) is 28.0. The third-order valence-electron chi connectivity index (χ3n) is 2.80. The summed E-state index contributed by atoms with van der Waals surface area (Å²) in [4.78, 5) is 0. The second-order valence-corrected chi connectivity index (χ2v) is 5.29. The Bertz CT molecular complexity index is 164. The molecule has 1 atom stereocenters. The van der Waals surface area contributed by atoms with Crippen LogP contribution in [0.5, 0.6) is 0 Å². The Morgan fingerprint density at radius 1 is 1.10 bits per heavy atom. The van der Waals surface area contributed by atoms with Crippen LogP contribution in [-0.4, -0.2) is 81.7 Å². The molecule has 0 amide bonds. The summed E-state index contributed by atoms with van der Waals surface area (Å²) in [6.07, 6.45) is 5.27. The van der Waals surface area contributed by atoms with Gasteiger partial charge in [-0.15, -0.1) is 0 Å². The summed E-state index contributed by atoms with van der Waals surface area (Å²) in [5.74, 6) is 0.809. The predicted octanol–water partition coefficient (Wildman–Crippen LogP) is -1.69. The Morgan fingerprint density at radius 3 is 1.75 bits per heavy atom. The molecule has 2 radical (unpaired) electrons. The van der Waals surface area contributed by atoms with Gasteiger partial charge in [-0.05, 0) is 0 Å². The van der Waals surface area contributed by atoms with E-state index in [4.69, 9.17) is 24.1 Å². The fourth-order valence-corrected chi connectivity index (χ4v) is 1.76. The molecule has 0 aromatic rings. The first-order chi connectivity index (χ1) is 8.53. The van der Waals surface area contributed by atoms with Crippen LogP contribution in [0.1, 0.15) is 39.5 Å². The van der Waals surface area contributed by atoms with Crippen molar-refractivity contribution in [2.45, 2.75) is 45.1 Å². The van der Waals surface area contributed by atoms with Crippen molar-refractivity contribution >= 4 is 23.4 Å². The van der Waals surface area contributed by atoms with Gasteiger partial charge in [0.05, 0.1) is 25.4 Å². The zero-order valence-electron chi connectivity index (χ0n) is 12.5. The van der Waals surface area contributed by atoms with E-state index in [-0.39, 0.29) is 11.0 Å². The minimum Gasteiger partial charge on any atom is -0.412 e. The summed E-state index contributed by atoms with van der Waals surface area (Å²) in [5.41, 5.74) is 3.94. The fourth-order valence-electron chi connectivity index (χ4n) is 1.15. The molecule has 9 N–H and O–H groups in total. The fraction of sp³-hybridized carbons (Fsp3) is 1.00. The van der Waals surface area contributed by atoms with Crippen molar-refractivity contribution < 1.29 is 29.3 Å². The molecule has 0 aliphatic heterocycles. The third-order valence-corrected chi connectivity index (χ3v) is 3.22. The minimum absolute atomic E-state index is 0. The zero-order chi connectivity index (χ0) is 14.4. The number of aliphatic hydroxyl groups excluding tert-OH is 3. The maximum Gasteiger partial charge on any atom is 0.0856 e. The van der Waals surface area contributed by atoms with Gasteiger partial charge in [-0.25, -0.2) is 0 Å². The standard InChI is InChI=1S/C8H17O.C4H11NO3.2H2O.Sb/c1-3-5-6-8(4-2)7-9;5-4(1-6,2-7)3-8;;;/h8H,3-7H2,1-2H3;6-8H,1-3,5H2;2*1H2;/q-1;;;;+1. The van der Waals surface area contributed by atoms with Gasteiger partial charge in [-0.2, -0.15) is 0 Å². The van der Waals surface area contributed by atoms with Crippen LogP contribution in [0.4, 0.5) is 0 Å². The van der Waals surface area contributed by atoms with Crippen LogP contribution in [0.3, 0.4) is 0 Å². The van der Waals surface area contributed by atoms with Gasteiger partial charge in [-0.1, -0.05) is 0 Å². The summed E-state index contributed by atoms with van der Waals surface area (Å²) in [6.45, 7) is 4.23. The average Bonchev–Trinajstić information content (AvgIpc) is 2.43. The quantitative estimate of drug-likeness (QED) is 0.335. The first-order valence-corrected chi connectivity index (χ1v) is 7.45. The molecule has 0 rings (SSSR count). The second-order valence-electron chi connectivity index (χ2n) is 4.55. The number of rotatable bonds is 9. The first kappa shape index (κ1) is 28.7. The minimum atomic E-state index is -1.21. The van der Waals surface area contributed by atoms with Crippen LogP contribution in [0, 0.1) is 5.92 Å². The molecule has 0 fully saturated rings. The van der Waals surface area contributed by atoms with Gasteiger partial charge in [0.1, 0.15) is 0 Å². The van der Waals surface area contributed by atoms with Crippen LogP contribution in [-0.2, 0) is 3.02 Å². The van der Waals surface area contributed by atoms with Crippen LogP contribution in [0.2, 0.25) is 0 Å². The molecular weight excluding hydrogens is 376 g/mol. The summed E-state index contributed by atoms with van der Waals surface area (Å²) in [6, 6.07) is 0. The molecule has 0 saturated heterocycles. The summed E-state index contributed by atoms with van der Waals surface area (Å²) in [7, 11) is 0. The van der Waals surface area contributed by atoms with Gasteiger partial charge >= 0.3 is 78.5 Å². The van der Waals surface area contributed by atoms with E-state index >= 15 is 0 Å². The molecule has 0 aromatic heterocycles. The van der Waals surface area contributed by atoms with E-state index in [0.717, 1.165) is 12.5 Å². The van der Waals surface area contributed by atoms with Gasteiger partial charge in [-0.3, -0.25) is 0 Å². The topological polar surface area (TPSA) is 159 Å². The molecule has 20 heavy (non-hydrogen) atoms. The van der Waals surface area contributed by atoms with Crippen molar-refractivity contribution in [3.63, 3.8) is 0 Å². The molecule has 0 spiro atoms. The van der Waals surface area contributed by atoms with Crippen molar-refractivity contribution in [1.29, 1.82) is 0 Å². The second kappa shape index (κ2) is 19.5. The molecular formula is C12H32NO6Sb. The number of hydrogen-bond donors (Lipinski definition) is 4. The SMILES string of the molecule is CCCCC(CC)C[O][Sb].NC(CO)(CO)CO.O.O. The monoisotopic (exact) mass is 407 g/mol. The molecule has 0 heterocycles. The van der Waals surface area contributed by atoms with Crippen molar-refractivity contribution in [2.75, 3.05) is 26.4 Å². The van der Waals surface area contributed by atoms with E-state index in [0.29, 0.717) is 0 Å². The van der Waals surface area contributed by atoms with E-state index in [9.17, 15) is 0 Å². The van der Waals surface area contributed by atoms with E-state index in [1.54, 1.807) is 0 Å². The Balaban J connectivity index is -0.000000119. The van der Waals surface area contributed by atoms with Crippen molar-refractivity contribution in [2.24, 2.45) is 11.7 Å². The molecule has 8 heteroatoms. The Morgan fingerprint density at radius 2 is 1.55 bits per heavy atom. The van der Waals surface area contributed by atoms with Crippen LogP contribution in [0.25, 0.3) is 0 Å². The normalized spacial score (nSPS) is 11.6. The Labute approximate surface area is 136 Å². The van der Waals surface area contributed by atoms with Gasteiger partial charge in [0, 0.05) is 0 Å². The molecule has 0 aliphatic carbocycles. The molecule has 7 nitrogen and oxygen atoms in total. The van der Waals surface area contributed by atoms with Gasteiger partial charge in [0.15, 0.2) is 0 Å². The van der Waals surface area contributed by atoms with E-state index in [1.807, 2.05) is 0 Å². The molecule has 0 aliphatic rings. The Hall–Kier alpha value is 0.538. The first-order valence-electron chi connectivity index (χ1n) is 6.41. The predicted molar refractivity (Wildman–Crippen MR) is 80.4 cm³/mol. The maximum atomic E-state index is 8.34. The van der Waals surface area contributed by atoms with Crippen molar-refractivity contribution in [3.8, 4) is 0 Å². The largest absolute Gasteiger partial charge is 0.412 e. The maximum absolute atomic E-state index is 8.34. The number of aliphatic hydroxyl groups is 3. The van der Waals surface area contributed by atoms with Gasteiger partial charge in [0.25, 0.3) is 0 Å². The van der Waals surface area contributed by atoms with Crippen LogP contribution >= 0.6 is 0 Å². The molecule has 0 aromatic carbocycles. The zero-order valence-corrected chi connectivity index (χ0v) is 15.1. The number of unbranched alkanes of at least 4 members (excludes halogenated alkanes) is 1. The smallest absolute Gasteiger partial charge is 0.0856 e. The molecule has 1 unspecified atom stereocenters. The number of nitrogens with two attached hydrogens (primary N) is 1. The van der Waals surface area contributed by atoms with Crippen molar-refractivity contribution in [3.05, 3.63) is 0 Å². The van der Waals surface area contributed by atoms with E-state index in [1.165, 1.54) is 49.1 Å². The van der Waals surface area contributed by atoms with Gasteiger partial charge in [0.2, 0.25) is 0 Å². The summed E-state index contributed by atoms with van der Waals surface area (Å²) >= 11 is 1.47. The molecule has 0 bridgehead atoms. The van der Waals surface area contributed by atoms with Crippen LogP contribution in [0.15, 0.2) is 0 Å².